The molecule has 2 aliphatic rings. The molecule has 1 fully saturated rings. The van der Waals surface area contributed by atoms with Crippen LogP contribution >= 0.6 is 11.3 Å². The van der Waals surface area contributed by atoms with Gasteiger partial charge in [-0.05, 0) is 47.7 Å². The number of thiophene rings is 1. The first-order valence-corrected chi connectivity index (χ1v) is 9.79. The average molecular weight is 383 g/mol. The number of imidazole rings is 1. The molecule has 0 unspecified atom stereocenters. The van der Waals surface area contributed by atoms with Gasteiger partial charge in [-0.2, -0.15) is 0 Å². The highest BCUT2D eigenvalue weighted by Gasteiger charge is 2.44. The number of nitrogens with zero attached hydrogens (tertiary/aromatic N) is 3. The molecule has 7 heteroatoms. The maximum Gasteiger partial charge on any atom is 0.264 e. The minimum absolute atomic E-state index is 0.0701. The minimum Gasteiger partial charge on any atom is -0.363 e. The number of carbonyl (C=O) groups is 1. The standard InChI is InChI=1S/C20H18FN3O2S/c21-15-5-3-14(4-6-15)16-10-22-18-11-26-20(13-24(16)18)7-8-23(12-20)19(25)17-2-1-9-27-17/h1-6,9-10H,7-8,11-13H2/t20-/m0/s1. The topological polar surface area (TPSA) is 47.4 Å². The van der Waals surface area contributed by atoms with Gasteiger partial charge in [0.05, 0.1) is 29.9 Å². The van der Waals surface area contributed by atoms with Crippen molar-refractivity contribution in [1.29, 1.82) is 0 Å². The fraction of sp³-hybridized carbons (Fsp3) is 0.300. The second-order valence-corrected chi connectivity index (χ2v) is 8.03. The summed E-state index contributed by atoms with van der Waals surface area (Å²) in [6.07, 6.45) is 2.61. The average Bonchev–Trinajstić information content (AvgIpc) is 3.42. The Morgan fingerprint density at radius 2 is 2.07 bits per heavy atom. The van der Waals surface area contributed by atoms with E-state index in [0.29, 0.717) is 26.2 Å². The highest BCUT2D eigenvalue weighted by atomic mass is 32.1. The van der Waals surface area contributed by atoms with Crippen molar-refractivity contribution >= 4 is 17.2 Å². The number of carbonyl (C=O) groups excluding carboxylic acids is 1. The van der Waals surface area contributed by atoms with Crippen molar-refractivity contribution in [2.24, 2.45) is 0 Å². The number of fused-ring (bicyclic) bond motifs is 1. The van der Waals surface area contributed by atoms with Gasteiger partial charge in [0.2, 0.25) is 0 Å². The zero-order valence-electron chi connectivity index (χ0n) is 14.6. The van der Waals surface area contributed by atoms with Crippen molar-refractivity contribution in [2.75, 3.05) is 13.1 Å². The Morgan fingerprint density at radius 3 is 2.85 bits per heavy atom. The van der Waals surface area contributed by atoms with Gasteiger partial charge in [-0.25, -0.2) is 9.37 Å². The Hall–Kier alpha value is -2.51. The molecule has 2 aliphatic heterocycles. The summed E-state index contributed by atoms with van der Waals surface area (Å²) in [5.41, 5.74) is 1.49. The Labute approximate surface area is 160 Å². The summed E-state index contributed by atoms with van der Waals surface area (Å²) in [7, 11) is 0. The van der Waals surface area contributed by atoms with E-state index in [1.54, 1.807) is 12.1 Å². The molecule has 27 heavy (non-hydrogen) atoms. The Kier molecular flexibility index (Phi) is 3.87. The molecule has 0 N–H and O–H groups in total. The summed E-state index contributed by atoms with van der Waals surface area (Å²) in [6.45, 7) is 2.32. The van der Waals surface area contributed by atoms with E-state index in [0.717, 1.165) is 28.4 Å². The maximum atomic E-state index is 13.3. The number of benzene rings is 1. The van der Waals surface area contributed by atoms with Crippen molar-refractivity contribution in [2.45, 2.75) is 25.2 Å². The van der Waals surface area contributed by atoms with Crippen LogP contribution in [0, 0.1) is 5.82 Å². The molecule has 0 saturated carbocycles. The zero-order valence-corrected chi connectivity index (χ0v) is 15.4. The predicted octanol–water partition coefficient (Wildman–Crippen LogP) is 3.57. The summed E-state index contributed by atoms with van der Waals surface area (Å²) in [6, 6.07) is 10.2. The molecule has 0 radical (unpaired) electrons. The quantitative estimate of drug-likeness (QED) is 0.680. The van der Waals surface area contributed by atoms with Gasteiger partial charge in [0.15, 0.2) is 0 Å². The third-order valence-corrected chi connectivity index (χ3v) is 6.23. The highest BCUT2D eigenvalue weighted by molar-refractivity contribution is 7.12. The summed E-state index contributed by atoms with van der Waals surface area (Å²) >= 11 is 1.47. The molecule has 1 spiro atoms. The lowest BCUT2D eigenvalue weighted by molar-refractivity contribution is -0.0804. The summed E-state index contributed by atoms with van der Waals surface area (Å²) in [4.78, 5) is 19.8. The summed E-state index contributed by atoms with van der Waals surface area (Å²) in [5.74, 6) is 0.680. The van der Waals surface area contributed by atoms with Gasteiger partial charge in [-0.15, -0.1) is 11.3 Å². The first kappa shape index (κ1) is 16.6. The number of amides is 1. The van der Waals surface area contributed by atoms with Crippen LogP contribution in [0.5, 0.6) is 0 Å². The number of likely N-dealkylation sites (tertiary alicyclic amines) is 1. The van der Waals surface area contributed by atoms with Crippen molar-refractivity contribution < 1.29 is 13.9 Å². The van der Waals surface area contributed by atoms with Crippen molar-refractivity contribution in [3.8, 4) is 11.3 Å². The zero-order chi connectivity index (χ0) is 18.4. The van der Waals surface area contributed by atoms with Gasteiger partial charge >= 0.3 is 0 Å². The minimum atomic E-state index is -0.393. The predicted molar refractivity (Wildman–Crippen MR) is 100.0 cm³/mol. The molecule has 0 aliphatic carbocycles. The van der Waals surface area contributed by atoms with E-state index >= 15 is 0 Å². The monoisotopic (exact) mass is 383 g/mol. The molecule has 2 aromatic heterocycles. The molecule has 3 aromatic rings. The number of halogens is 1. The fourth-order valence-corrected chi connectivity index (χ4v) is 4.62. The van der Waals surface area contributed by atoms with Gasteiger partial charge in [-0.1, -0.05) is 6.07 Å². The van der Waals surface area contributed by atoms with Crippen LogP contribution in [0.15, 0.2) is 48.0 Å². The van der Waals surface area contributed by atoms with E-state index in [1.807, 2.05) is 28.6 Å². The first-order chi connectivity index (χ1) is 13.1. The van der Waals surface area contributed by atoms with Gasteiger partial charge in [0.25, 0.3) is 5.91 Å². The lowest BCUT2D eigenvalue weighted by atomic mass is 10.0. The molecule has 0 bridgehead atoms. The first-order valence-electron chi connectivity index (χ1n) is 8.91. The molecule has 138 valence electrons. The third kappa shape index (κ3) is 2.87. The molecule has 1 amide bonds. The molecular weight excluding hydrogens is 365 g/mol. The Morgan fingerprint density at radius 1 is 1.22 bits per heavy atom. The van der Waals surface area contributed by atoms with Gasteiger partial charge in [0.1, 0.15) is 23.8 Å². The number of ether oxygens (including phenoxy) is 1. The molecule has 1 saturated heterocycles. The van der Waals surface area contributed by atoms with E-state index < -0.39 is 5.60 Å². The maximum absolute atomic E-state index is 13.3. The van der Waals surface area contributed by atoms with Crippen LogP contribution in [-0.2, 0) is 17.9 Å². The van der Waals surface area contributed by atoms with Crippen LogP contribution in [0.25, 0.3) is 11.3 Å². The summed E-state index contributed by atoms with van der Waals surface area (Å²) < 4.78 is 21.6. The second kappa shape index (κ2) is 6.28. The molecule has 5 rings (SSSR count). The van der Waals surface area contributed by atoms with Crippen LogP contribution in [-0.4, -0.2) is 39.0 Å². The third-order valence-electron chi connectivity index (χ3n) is 5.37. The van der Waals surface area contributed by atoms with Crippen molar-refractivity contribution in [1.82, 2.24) is 14.5 Å². The smallest absolute Gasteiger partial charge is 0.264 e. The van der Waals surface area contributed by atoms with Crippen LogP contribution in [0.3, 0.4) is 0 Å². The van der Waals surface area contributed by atoms with Gasteiger partial charge < -0.3 is 14.2 Å². The molecule has 5 nitrogen and oxygen atoms in total. The SMILES string of the molecule is O=C(c1cccs1)N1CC[C@]2(C1)Cn1c(-c3ccc(F)cc3)cnc1CO2. The fourth-order valence-electron chi connectivity index (χ4n) is 3.93. The normalized spacial score (nSPS) is 21.6. The van der Waals surface area contributed by atoms with Gasteiger partial charge in [0, 0.05) is 6.54 Å². The van der Waals surface area contributed by atoms with Crippen molar-refractivity contribution in [3.63, 3.8) is 0 Å². The molecular formula is C20H18FN3O2S. The number of aromatic nitrogens is 2. The van der Waals surface area contributed by atoms with E-state index in [-0.39, 0.29) is 11.7 Å². The number of rotatable bonds is 2. The number of hydrogen-bond acceptors (Lipinski definition) is 4. The van der Waals surface area contributed by atoms with E-state index in [9.17, 15) is 9.18 Å². The van der Waals surface area contributed by atoms with Crippen LogP contribution in [0.1, 0.15) is 21.9 Å². The molecule has 1 aromatic carbocycles. The van der Waals surface area contributed by atoms with E-state index in [4.69, 9.17) is 4.74 Å². The van der Waals surface area contributed by atoms with E-state index in [2.05, 4.69) is 9.55 Å². The summed E-state index contributed by atoms with van der Waals surface area (Å²) in [5, 5.41) is 1.92. The van der Waals surface area contributed by atoms with Gasteiger partial charge in [-0.3, -0.25) is 4.79 Å². The number of hydrogen-bond donors (Lipinski definition) is 0. The van der Waals surface area contributed by atoms with Crippen LogP contribution < -0.4 is 0 Å². The van der Waals surface area contributed by atoms with E-state index in [1.165, 1.54) is 23.5 Å². The van der Waals surface area contributed by atoms with Crippen LogP contribution in [0.2, 0.25) is 0 Å². The second-order valence-electron chi connectivity index (χ2n) is 7.08. The largest absolute Gasteiger partial charge is 0.363 e. The Bertz CT molecular complexity index is 983. The van der Waals surface area contributed by atoms with Crippen molar-refractivity contribution in [3.05, 3.63) is 64.5 Å². The Balaban J connectivity index is 1.40. The van der Waals surface area contributed by atoms with Crippen LogP contribution in [0.4, 0.5) is 4.39 Å². The molecule has 1 atom stereocenters. The molecule has 4 heterocycles. The highest BCUT2D eigenvalue weighted by Crippen LogP contribution is 2.35. The lowest BCUT2D eigenvalue weighted by Gasteiger charge is -2.35. The lowest BCUT2D eigenvalue weighted by Crippen LogP contribution is -2.45.